The van der Waals surface area contributed by atoms with Crippen LogP contribution in [-0.2, 0) is 23.8 Å². The highest BCUT2D eigenvalue weighted by atomic mass is 16.7. The lowest BCUT2D eigenvalue weighted by atomic mass is 10.0. The van der Waals surface area contributed by atoms with E-state index in [0.29, 0.717) is 17.4 Å². The third kappa shape index (κ3) is 49.5. The van der Waals surface area contributed by atoms with Gasteiger partial charge in [0.25, 0.3) is 0 Å². The predicted molar refractivity (Wildman–Crippen MR) is 260 cm³/mol. The first-order valence-corrected chi connectivity index (χ1v) is 26.9. The molecule has 0 aliphatic rings. The number of carboxylic acid groups (broad SMARTS) is 1. The maximum absolute atomic E-state index is 12.0. The average Bonchev–Trinajstić information content (AvgIpc) is 3.24. The van der Waals surface area contributed by atoms with E-state index in [0.717, 1.165) is 19.3 Å². The largest absolute Gasteiger partial charge is 0.545 e. The van der Waals surface area contributed by atoms with Gasteiger partial charge in [0.1, 0.15) is 19.3 Å². The molecule has 0 radical (unpaired) electrons. The Kier molecular flexibility index (Phi) is 46.3. The Morgan fingerprint density at radius 1 is 0.484 bits per heavy atom. The lowest BCUT2D eigenvalue weighted by Crippen LogP contribution is -2.44. The van der Waals surface area contributed by atoms with Crippen molar-refractivity contribution in [2.45, 2.75) is 276 Å². The number of carbonyl (C=O) groups is 2. The number of esters is 1. The summed E-state index contributed by atoms with van der Waals surface area (Å²) in [5, 5.41) is 21.2. The van der Waals surface area contributed by atoms with E-state index in [2.05, 4.69) is 19.1 Å². The van der Waals surface area contributed by atoms with Gasteiger partial charge in [-0.05, 0) is 32.1 Å². The minimum absolute atomic E-state index is 0.173. The van der Waals surface area contributed by atoms with Gasteiger partial charge in [0, 0.05) is 6.42 Å². The number of unbranched alkanes of at least 4 members (excludes halogenated alkanes) is 37. The number of aliphatic carboxylic acids is 1. The lowest BCUT2D eigenvalue weighted by molar-refractivity contribution is -0.870. The molecule has 0 bridgehead atoms. The van der Waals surface area contributed by atoms with E-state index < -0.39 is 18.4 Å². The molecule has 2 atom stereocenters. The Hall–Kier alpha value is -1.48. The van der Waals surface area contributed by atoms with Crippen molar-refractivity contribution in [3.8, 4) is 0 Å². The Morgan fingerprint density at radius 2 is 0.806 bits per heavy atom. The molecular weight excluding hydrogens is 775 g/mol. The molecule has 0 aliphatic carbocycles. The van der Waals surface area contributed by atoms with Crippen molar-refractivity contribution in [2.75, 3.05) is 47.5 Å². The highest BCUT2D eigenvalue weighted by molar-refractivity contribution is 5.69. The number of hydrogen-bond acceptors (Lipinski definition) is 7. The zero-order valence-corrected chi connectivity index (χ0v) is 41.8. The number of carboxylic acids is 1. The number of carbonyl (C=O) groups excluding carboxylic acids is 2. The minimum Gasteiger partial charge on any atom is -0.545 e. The fourth-order valence-electron chi connectivity index (χ4n) is 8.06. The molecule has 8 nitrogen and oxygen atoms in total. The fourth-order valence-corrected chi connectivity index (χ4v) is 8.06. The van der Waals surface area contributed by atoms with Gasteiger partial charge in [0.2, 0.25) is 0 Å². The van der Waals surface area contributed by atoms with E-state index >= 15 is 0 Å². The van der Waals surface area contributed by atoms with Crippen LogP contribution in [0, 0.1) is 0 Å². The second-order valence-electron chi connectivity index (χ2n) is 19.7. The maximum Gasteiger partial charge on any atom is 0.305 e. The maximum atomic E-state index is 12.0. The number of nitrogens with zero attached hydrogens (tertiary/aromatic N) is 1. The van der Waals surface area contributed by atoms with Crippen LogP contribution >= 0.6 is 0 Å². The third-order valence-corrected chi connectivity index (χ3v) is 12.2. The predicted octanol–water partition coefficient (Wildman–Crippen LogP) is 13.9. The van der Waals surface area contributed by atoms with Gasteiger partial charge in [-0.1, -0.05) is 237 Å². The molecule has 0 saturated carbocycles. The summed E-state index contributed by atoms with van der Waals surface area (Å²) >= 11 is 0. The molecule has 0 saturated heterocycles. The normalized spacial score (nSPS) is 13.0. The van der Waals surface area contributed by atoms with Gasteiger partial charge < -0.3 is 33.7 Å². The molecule has 0 aromatic heterocycles. The number of aliphatic hydroxyl groups excluding tert-OH is 1. The van der Waals surface area contributed by atoms with Crippen LogP contribution in [0.25, 0.3) is 0 Å². The standard InChI is InChI=1S/C54H105NO7/c1-5-6-7-8-9-10-11-12-13-14-15-16-17-18-19-20-21-22-23-24-25-26-27-28-29-30-31-32-33-34-35-36-37-38-39-40-41-42-43-44-45-46-52(57)61-49-51(56)50-62-54(53(58)59)60-48-47-55(2,3)4/h14-15,51,54,56H,5-13,16-50H2,1-4H3/b15-14-. The first-order chi connectivity index (χ1) is 30.2. The quantitative estimate of drug-likeness (QED) is 0.0213. The number of aliphatic hydroxyl groups is 1. The van der Waals surface area contributed by atoms with E-state index in [4.69, 9.17) is 14.2 Å². The number of ether oxygens (including phenoxy) is 3. The molecule has 0 heterocycles. The second kappa shape index (κ2) is 47.5. The summed E-state index contributed by atoms with van der Waals surface area (Å²) in [5.41, 5.74) is 0. The van der Waals surface area contributed by atoms with Crippen molar-refractivity contribution >= 4 is 11.9 Å². The van der Waals surface area contributed by atoms with Gasteiger partial charge in [0.05, 0.1) is 40.3 Å². The Balaban J connectivity index is 3.29. The van der Waals surface area contributed by atoms with Crippen LogP contribution < -0.4 is 5.11 Å². The van der Waals surface area contributed by atoms with Crippen molar-refractivity contribution < 1.29 is 38.5 Å². The van der Waals surface area contributed by atoms with E-state index in [1.807, 2.05) is 21.1 Å². The molecule has 0 spiro atoms. The summed E-state index contributed by atoms with van der Waals surface area (Å²) in [6.07, 6.45) is 55.9. The smallest absolute Gasteiger partial charge is 0.305 e. The molecule has 0 aromatic rings. The SMILES string of the molecule is CCCCCCCCCC/C=C\CCCCCCCCCCCCCCCCCCCCCCCCCCCCCCCC(=O)OCC(O)COC(OCC[N+](C)(C)C)C(=O)[O-]. The van der Waals surface area contributed by atoms with Crippen molar-refractivity contribution in [3.63, 3.8) is 0 Å². The van der Waals surface area contributed by atoms with Crippen LogP contribution in [0.5, 0.6) is 0 Å². The zero-order valence-electron chi connectivity index (χ0n) is 41.8. The number of likely N-dealkylation sites (N-methyl/N-ethyl adjacent to an activating group) is 1. The van der Waals surface area contributed by atoms with Crippen molar-refractivity contribution in [2.24, 2.45) is 0 Å². The van der Waals surface area contributed by atoms with Gasteiger partial charge in [0.15, 0.2) is 6.29 Å². The molecule has 1 N–H and O–H groups in total. The zero-order chi connectivity index (χ0) is 45.5. The summed E-state index contributed by atoms with van der Waals surface area (Å²) in [4.78, 5) is 23.2. The van der Waals surface area contributed by atoms with Gasteiger partial charge in [-0.25, -0.2) is 0 Å². The number of rotatable bonds is 51. The summed E-state index contributed by atoms with van der Waals surface area (Å²) in [7, 11) is 5.89. The van der Waals surface area contributed by atoms with E-state index in [-0.39, 0.29) is 25.8 Å². The number of quaternary nitrogens is 1. The first-order valence-electron chi connectivity index (χ1n) is 26.9. The van der Waals surface area contributed by atoms with Crippen LogP contribution in [0.4, 0.5) is 0 Å². The van der Waals surface area contributed by atoms with Crippen LogP contribution in [0.2, 0.25) is 0 Å². The van der Waals surface area contributed by atoms with Gasteiger partial charge in [-0.3, -0.25) is 4.79 Å². The molecule has 0 aliphatic heterocycles. The average molecular weight is 880 g/mol. The highest BCUT2D eigenvalue weighted by Gasteiger charge is 2.17. The molecule has 2 unspecified atom stereocenters. The second-order valence-corrected chi connectivity index (χ2v) is 19.7. The Morgan fingerprint density at radius 3 is 1.13 bits per heavy atom. The number of hydrogen-bond donors (Lipinski definition) is 1. The highest BCUT2D eigenvalue weighted by Crippen LogP contribution is 2.17. The minimum atomic E-state index is -1.57. The molecule has 0 rings (SSSR count). The fraction of sp³-hybridized carbons (Fsp3) is 0.926. The molecule has 0 amide bonds. The van der Waals surface area contributed by atoms with Gasteiger partial charge in [-0.2, -0.15) is 0 Å². The molecule has 8 heteroatoms. The van der Waals surface area contributed by atoms with Crippen LogP contribution in [0.3, 0.4) is 0 Å². The summed E-state index contributed by atoms with van der Waals surface area (Å²) in [6.45, 7) is 2.49. The number of allylic oxidation sites excluding steroid dienone is 2. The van der Waals surface area contributed by atoms with Gasteiger partial charge >= 0.3 is 5.97 Å². The van der Waals surface area contributed by atoms with Crippen molar-refractivity contribution in [1.82, 2.24) is 0 Å². The topological polar surface area (TPSA) is 105 Å². The lowest BCUT2D eigenvalue weighted by Gasteiger charge is -2.26. The van der Waals surface area contributed by atoms with Gasteiger partial charge in [-0.15, -0.1) is 0 Å². The van der Waals surface area contributed by atoms with E-state index in [9.17, 15) is 19.8 Å². The van der Waals surface area contributed by atoms with Crippen molar-refractivity contribution in [3.05, 3.63) is 12.2 Å². The molecule has 368 valence electrons. The molecule has 0 fully saturated rings. The summed E-state index contributed by atoms with van der Waals surface area (Å²) < 4.78 is 16.1. The third-order valence-electron chi connectivity index (χ3n) is 12.2. The van der Waals surface area contributed by atoms with Crippen LogP contribution in [-0.4, -0.2) is 81.4 Å². The Bertz CT molecular complexity index is 967. The molecular formula is C54H105NO7. The Labute approximate surface area is 385 Å². The summed E-state index contributed by atoms with van der Waals surface area (Å²) in [6, 6.07) is 0. The van der Waals surface area contributed by atoms with Crippen LogP contribution in [0.1, 0.15) is 264 Å². The van der Waals surface area contributed by atoms with Crippen LogP contribution in [0.15, 0.2) is 12.2 Å². The summed E-state index contributed by atoms with van der Waals surface area (Å²) in [5.74, 6) is -1.86. The molecule has 0 aromatic carbocycles. The first kappa shape index (κ1) is 60.5. The van der Waals surface area contributed by atoms with Crippen molar-refractivity contribution in [1.29, 1.82) is 0 Å². The van der Waals surface area contributed by atoms with E-state index in [1.54, 1.807) is 0 Å². The monoisotopic (exact) mass is 880 g/mol. The molecule has 62 heavy (non-hydrogen) atoms. The van der Waals surface area contributed by atoms with E-state index in [1.165, 1.54) is 231 Å².